The summed E-state index contributed by atoms with van der Waals surface area (Å²) in [6, 6.07) is 7.43. The largest absolute Gasteiger partial charge is 0.477 e. The Kier molecular flexibility index (Phi) is 4.58. The molecule has 26 heavy (non-hydrogen) atoms. The first-order valence-electron chi connectivity index (χ1n) is 7.68. The number of carbonyl (C=O) groups excluding carboxylic acids is 2. The molecular weight excluding hydrogens is 353 g/mol. The van der Waals surface area contributed by atoms with Crippen molar-refractivity contribution in [2.45, 2.75) is 18.8 Å². The molecule has 10 heteroatoms. The van der Waals surface area contributed by atoms with E-state index in [4.69, 9.17) is 4.74 Å². The zero-order valence-corrected chi connectivity index (χ0v) is 13.7. The van der Waals surface area contributed by atoms with Gasteiger partial charge in [-0.05, 0) is 18.2 Å². The molecule has 0 unspecified atom stereocenters. The number of fused-ring (bicyclic) bond motifs is 1. The van der Waals surface area contributed by atoms with Crippen LogP contribution in [0, 0.1) is 0 Å². The molecule has 7 nitrogen and oxygen atoms in total. The summed E-state index contributed by atoms with van der Waals surface area (Å²) in [7, 11) is 1.45. The third-order valence-electron chi connectivity index (χ3n) is 3.84. The Hall–Kier alpha value is -3.04. The van der Waals surface area contributed by atoms with Gasteiger partial charge in [0, 0.05) is 13.2 Å². The van der Waals surface area contributed by atoms with Crippen molar-refractivity contribution < 1.29 is 27.5 Å². The van der Waals surface area contributed by atoms with Crippen molar-refractivity contribution in [3.05, 3.63) is 42.2 Å². The fourth-order valence-electron chi connectivity index (χ4n) is 2.59. The maximum absolute atomic E-state index is 12.6. The Bertz CT molecular complexity index is 834. The molecule has 0 saturated carbocycles. The molecular formula is C16H15F3N4O3. The fourth-order valence-corrected chi connectivity index (χ4v) is 2.59. The minimum absolute atomic E-state index is 0.0527. The van der Waals surface area contributed by atoms with Crippen LogP contribution in [0.15, 0.2) is 36.5 Å². The second-order valence-corrected chi connectivity index (χ2v) is 5.59. The van der Waals surface area contributed by atoms with Gasteiger partial charge in [-0.1, -0.05) is 12.1 Å². The van der Waals surface area contributed by atoms with Crippen LogP contribution < -0.4 is 15.0 Å². The molecule has 3 rings (SSSR count). The molecule has 1 aromatic carbocycles. The van der Waals surface area contributed by atoms with E-state index in [1.54, 1.807) is 24.3 Å². The van der Waals surface area contributed by atoms with Crippen molar-refractivity contribution in [1.29, 1.82) is 0 Å². The molecule has 0 bridgehead atoms. The van der Waals surface area contributed by atoms with Crippen molar-refractivity contribution >= 4 is 17.5 Å². The molecule has 0 aliphatic carbocycles. The van der Waals surface area contributed by atoms with E-state index in [0.717, 1.165) is 16.9 Å². The van der Waals surface area contributed by atoms with Crippen LogP contribution in [0.1, 0.15) is 5.69 Å². The zero-order valence-electron chi connectivity index (χ0n) is 13.7. The van der Waals surface area contributed by atoms with Crippen LogP contribution in [0.5, 0.6) is 5.75 Å². The lowest BCUT2D eigenvalue weighted by atomic mass is 10.1. The summed E-state index contributed by atoms with van der Waals surface area (Å²) in [4.78, 5) is 25.9. The van der Waals surface area contributed by atoms with E-state index in [-0.39, 0.29) is 6.54 Å². The van der Waals surface area contributed by atoms with Gasteiger partial charge in [-0.3, -0.25) is 14.3 Å². The Balaban J connectivity index is 1.83. The number of carbonyl (C=O) groups is 2. The molecule has 0 radical (unpaired) electrons. The van der Waals surface area contributed by atoms with Gasteiger partial charge in [0.1, 0.15) is 12.3 Å². The lowest BCUT2D eigenvalue weighted by molar-refractivity contribution is -0.141. The average molecular weight is 368 g/mol. The van der Waals surface area contributed by atoms with Crippen LogP contribution >= 0.6 is 0 Å². The third kappa shape index (κ3) is 3.48. The number of rotatable bonds is 3. The zero-order chi connectivity index (χ0) is 18.9. The number of nitrogens with zero attached hydrogens (tertiary/aromatic N) is 3. The average Bonchev–Trinajstić information content (AvgIpc) is 3.08. The van der Waals surface area contributed by atoms with Crippen molar-refractivity contribution in [2.24, 2.45) is 0 Å². The number of hydrogen-bond acceptors (Lipinski definition) is 4. The monoisotopic (exact) mass is 368 g/mol. The number of alkyl halides is 3. The molecule has 1 atom stereocenters. The fraction of sp³-hybridized carbons (Fsp3) is 0.312. The summed E-state index contributed by atoms with van der Waals surface area (Å²) in [5.41, 5.74) is -0.628. The van der Waals surface area contributed by atoms with Gasteiger partial charge in [0.05, 0.1) is 12.2 Å². The summed E-state index contributed by atoms with van der Waals surface area (Å²) < 4.78 is 44.4. The summed E-state index contributed by atoms with van der Waals surface area (Å²) in [6.45, 7) is -0.451. The maximum Gasteiger partial charge on any atom is 0.435 e. The van der Waals surface area contributed by atoms with E-state index in [0.29, 0.717) is 11.4 Å². The quantitative estimate of drug-likeness (QED) is 0.890. The number of amides is 2. The van der Waals surface area contributed by atoms with Crippen molar-refractivity contribution in [1.82, 2.24) is 15.1 Å². The molecule has 0 fully saturated rings. The van der Waals surface area contributed by atoms with Gasteiger partial charge >= 0.3 is 6.18 Å². The van der Waals surface area contributed by atoms with E-state index >= 15 is 0 Å². The molecule has 2 heterocycles. The van der Waals surface area contributed by atoms with Crippen LogP contribution in [-0.4, -0.2) is 41.3 Å². The van der Waals surface area contributed by atoms with E-state index in [9.17, 15) is 22.8 Å². The smallest absolute Gasteiger partial charge is 0.435 e. The summed E-state index contributed by atoms with van der Waals surface area (Å²) in [5, 5.41) is 5.83. The number of halogens is 3. The number of likely N-dealkylation sites (N-methyl/N-ethyl adjacent to an activating group) is 1. The highest BCUT2D eigenvalue weighted by Gasteiger charge is 2.35. The van der Waals surface area contributed by atoms with Gasteiger partial charge in [-0.25, -0.2) is 0 Å². The standard InChI is InChI=1S/C16H15F3N4O3/c1-20-15(25)12-8-23(10-4-2-3-5-11(10)26-12)14(24)9-22-7-6-13(21-22)16(17,18)19/h2-7,12H,8-9H2,1H3,(H,20,25)/t12-/m1/s1. The highest BCUT2D eigenvalue weighted by Crippen LogP contribution is 2.33. The molecule has 138 valence electrons. The molecule has 2 amide bonds. The minimum atomic E-state index is -4.58. The molecule has 0 spiro atoms. The van der Waals surface area contributed by atoms with Crippen LogP contribution in [0.25, 0.3) is 0 Å². The normalized spacial score (nSPS) is 16.6. The van der Waals surface area contributed by atoms with Crippen LogP contribution in [0.4, 0.5) is 18.9 Å². The van der Waals surface area contributed by atoms with Gasteiger partial charge in [0.2, 0.25) is 5.91 Å². The predicted octanol–water partition coefficient (Wildman–Crippen LogP) is 1.44. The van der Waals surface area contributed by atoms with Gasteiger partial charge in [-0.2, -0.15) is 18.3 Å². The Labute approximate surface area is 146 Å². The summed E-state index contributed by atoms with van der Waals surface area (Å²) in [5.74, 6) is -0.570. The van der Waals surface area contributed by atoms with Crippen molar-refractivity contribution in [2.75, 3.05) is 18.5 Å². The number of ether oxygens (including phenoxy) is 1. The van der Waals surface area contributed by atoms with Gasteiger partial charge in [0.15, 0.2) is 11.8 Å². The van der Waals surface area contributed by atoms with E-state index < -0.39 is 36.3 Å². The maximum atomic E-state index is 12.6. The number of para-hydroxylation sites is 2. The lowest BCUT2D eigenvalue weighted by Crippen LogP contribution is -2.50. The summed E-state index contributed by atoms with van der Waals surface area (Å²) in [6.07, 6.45) is -4.41. The number of hydrogen-bond donors (Lipinski definition) is 1. The van der Waals surface area contributed by atoms with Gasteiger partial charge in [-0.15, -0.1) is 0 Å². The molecule has 0 saturated heterocycles. The topological polar surface area (TPSA) is 76.5 Å². The second-order valence-electron chi connectivity index (χ2n) is 5.59. The van der Waals surface area contributed by atoms with Gasteiger partial charge < -0.3 is 15.0 Å². The van der Waals surface area contributed by atoms with Crippen molar-refractivity contribution in [3.63, 3.8) is 0 Å². The number of benzene rings is 1. The van der Waals surface area contributed by atoms with Crippen LogP contribution in [0.2, 0.25) is 0 Å². The van der Waals surface area contributed by atoms with Crippen molar-refractivity contribution in [3.8, 4) is 5.75 Å². The molecule has 2 aromatic rings. The Morgan fingerprint density at radius 3 is 2.69 bits per heavy atom. The lowest BCUT2D eigenvalue weighted by Gasteiger charge is -2.34. The second kappa shape index (κ2) is 6.70. The Morgan fingerprint density at radius 2 is 2.04 bits per heavy atom. The molecule has 1 aliphatic heterocycles. The third-order valence-corrected chi connectivity index (χ3v) is 3.84. The van der Waals surface area contributed by atoms with E-state index in [1.807, 2.05) is 0 Å². The first kappa shape index (κ1) is 17.8. The highest BCUT2D eigenvalue weighted by molar-refractivity contribution is 5.97. The van der Waals surface area contributed by atoms with Crippen LogP contribution in [-0.2, 0) is 22.3 Å². The number of anilines is 1. The van der Waals surface area contributed by atoms with E-state index in [1.165, 1.54) is 11.9 Å². The SMILES string of the molecule is CNC(=O)[C@H]1CN(C(=O)Cn2ccc(C(F)(F)F)n2)c2ccccc2O1. The minimum Gasteiger partial charge on any atom is -0.477 e. The van der Waals surface area contributed by atoms with Gasteiger partial charge in [0.25, 0.3) is 5.91 Å². The highest BCUT2D eigenvalue weighted by atomic mass is 19.4. The van der Waals surface area contributed by atoms with Crippen LogP contribution in [0.3, 0.4) is 0 Å². The number of nitrogens with one attached hydrogen (secondary N) is 1. The van der Waals surface area contributed by atoms with E-state index in [2.05, 4.69) is 10.4 Å². The molecule has 1 N–H and O–H groups in total. The molecule has 1 aliphatic rings. The summed E-state index contributed by atoms with van der Waals surface area (Å²) >= 11 is 0. The Morgan fingerprint density at radius 1 is 1.31 bits per heavy atom. The number of aromatic nitrogens is 2. The first-order valence-corrected chi connectivity index (χ1v) is 7.68. The first-order chi connectivity index (χ1) is 12.3. The predicted molar refractivity (Wildman–Crippen MR) is 84.5 cm³/mol. The molecule has 1 aromatic heterocycles.